The van der Waals surface area contributed by atoms with Crippen LogP contribution in [0.1, 0.15) is 19.3 Å². The highest BCUT2D eigenvalue weighted by molar-refractivity contribution is 5.38. The van der Waals surface area contributed by atoms with Crippen molar-refractivity contribution in [2.24, 2.45) is 5.41 Å². The minimum atomic E-state index is 0.620. The molecule has 2 saturated heterocycles. The van der Waals surface area contributed by atoms with Crippen LogP contribution in [0.15, 0.2) is 24.4 Å². The fraction of sp³-hybridized carbons (Fsp3) is 0.667. The summed E-state index contributed by atoms with van der Waals surface area (Å²) in [4.78, 5) is 6.92. The second-order valence-electron chi connectivity index (χ2n) is 6.74. The zero-order chi connectivity index (χ0) is 12.6. The molecule has 2 aliphatic heterocycles. The van der Waals surface area contributed by atoms with Crippen molar-refractivity contribution in [3.05, 3.63) is 24.4 Å². The lowest BCUT2D eigenvalue weighted by Crippen LogP contribution is -2.45. The number of likely N-dealkylation sites (tertiary alicyclic amines) is 1. The van der Waals surface area contributed by atoms with Crippen molar-refractivity contribution in [1.82, 2.24) is 4.98 Å². The summed E-state index contributed by atoms with van der Waals surface area (Å²) in [6, 6.07) is 6.21. The Bertz CT molecular complexity index is 405. The Kier molecular flexibility index (Phi) is 2.81. The molecule has 0 bridgehead atoms. The number of pyridine rings is 1. The lowest BCUT2D eigenvalue weighted by molar-refractivity contribution is -0.881. The van der Waals surface area contributed by atoms with Crippen molar-refractivity contribution >= 4 is 5.82 Å². The third-order valence-electron chi connectivity index (χ3n) is 4.81. The van der Waals surface area contributed by atoms with Crippen LogP contribution in [0.2, 0.25) is 0 Å². The van der Waals surface area contributed by atoms with E-state index in [4.69, 9.17) is 0 Å². The van der Waals surface area contributed by atoms with Crippen LogP contribution in [0.25, 0.3) is 0 Å². The van der Waals surface area contributed by atoms with Gasteiger partial charge in [0.1, 0.15) is 5.82 Å². The van der Waals surface area contributed by atoms with E-state index in [1.165, 1.54) is 49.9 Å². The van der Waals surface area contributed by atoms with E-state index in [0.717, 1.165) is 5.82 Å². The molecule has 18 heavy (non-hydrogen) atoms. The van der Waals surface area contributed by atoms with Crippen LogP contribution in [0.3, 0.4) is 0 Å². The van der Waals surface area contributed by atoms with Gasteiger partial charge in [0.05, 0.1) is 27.2 Å². The van der Waals surface area contributed by atoms with Crippen molar-refractivity contribution in [2.75, 3.05) is 45.2 Å². The molecule has 0 N–H and O–H groups in total. The van der Waals surface area contributed by atoms with Crippen LogP contribution in [0, 0.1) is 5.41 Å². The first-order chi connectivity index (χ1) is 8.59. The first kappa shape index (κ1) is 12.0. The van der Waals surface area contributed by atoms with Crippen molar-refractivity contribution in [2.45, 2.75) is 19.3 Å². The second kappa shape index (κ2) is 4.23. The molecular weight excluding hydrogens is 222 g/mol. The van der Waals surface area contributed by atoms with E-state index in [0.29, 0.717) is 5.41 Å². The zero-order valence-electron chi connectivity index (χ0n) is 11.6. The van der Waals surface area contributed by atoms with Crippen molar-refractivity contribution in [3.8, 4) is 0 Å². The first-order valence-electron chi connectivity index (χ1n) is 7.07. The Labute approximate surface area is 110 Å². The fourth-order valence-electron chi connectivity index (χ4n) is 3.77. The molecule has 2 aliphatic rings. The van der Waals surface area contributed by atoms with Crippen molar-refractivity contribution < 1.29 is 4.48 Å². The number of hydrogen-bond donors (Lipinski definition) is 0. The Hall–Kier alpha value is -1.09. The number of piperidine rings is 1. The van der Waals surface area contributed by atoms with Gasteiger partial charge in [-0.2, -0.15) is 0 Å². The molecule has 3 rings (SSSR count). The van der Waals surface area contributed by atoms with Crippen molar-refractivity contribution in [1.29, 1.82) is 0 Å². The summed E-state index contributed by atoms with van der Waals surface area (Å²) in [6.07, 6.45) is 5.99. The van der Waals surface area contributed by atoms with E-state index >= 15 is 0 Å². The van der Waals surface area contributed by atoms with Gasteiger partial charge in [0, 0.05) is 31.1 Å². The average molecular weight is 246 g/mol. The summed E-state index contributed by atoms with van der Waals surface area (Å²) in [5, 5.41) is 0. The Morgan fingerprint density at radius 3 is 2.50 bits per heavy atom. The highest BCUT2D eigenvalue weighted by atomic mass is 15.3. The SMILES string of the molecule is C[N+]1(C)CCC2(CCN(c3ccccn3)CC2)C1. The van der Waals surface area contributed by atoms with Gasteiger partial charge in [-0.15, -0.1) is 0 Å². The standard InChI is InChI=1S/C15H24N3/c1-18(2)12-8-15(13-18)6-10-17(11-7-15)14-5-3-4-9-16-14/h3-5,9H,6-8,10-13H2,1-2H3/q+1. The molecule has 0 unspecified atom stereocenters. The highest BCUT2D eigenvalue weighted by Crippen LogP contribution is 2.42. The Morgan fingerprint density at radius 2 is 1.94 bits per heavy atom. The molecule has 0 amide bonds. The summed E-state index contributed by atoms with van der Waals surface area (Å²) in [5.74, 6) is 1.15. The van der Waals surface area contributed by atoms with E-state index in [9.17, 15) is 0 Å². The third-order valence-corrected chi connectivity index (χ3v) is 4.81. The molecule has 3 heteroatoms. The summed E-state index contributed by atoms with van der Waals surface area (Å²) >= 11 is 0. The maximum Gasteiger partial charge on any atom is 0.128 e. The lowest BCUT2D eigenvalue weighted by Gasteiger charge is -2.39. The molecule has 3 nitrogen and oxygen atoms in total. The summed E-state index contributed by atoms with van der Waals surface area (Å²) in [5.41, 5.74) is 0.620. The summed E-state index contributed by atoms with van der Waals surface area (Å²) < 4.78 is 1.21. The Morgan fingerprint density at radius 1 is 1.17 bits per heavy atom. The number of anilines is 1. The molecular formula is C15H24N3+. The van der Waals surface area contributed by atoms with Gasteiger partial charge < -0.3 is 9.38 Å². The van der Waals surface area contributed by atoms with Crippen LogP contribution >= 0.6 is 0 Å². The molecule has 0 atom stereocenters. The number of nitrogens with zero attached hydrogens (tertiary/aromatic N) is 3. The fourth-order valence-corrected chi connectivity index (χ4v) is 3.77. The average Bonchev–Trinajstić information content (AvgIpc) is 2.67. The van der Waals surface area contributed by atoms with E-state index in [1.807, 2.05) is 12.3 Å². The van der Waals surface area contributed by atoms with E-state index < -0.39 is 0 Å². The van der Waals surface area contributed by atoms with Gasteiger partial charge in [-0.1, -0.05) is 6.07 Å². The van der Waals surface area contributed by atoms with Gasteiger partial charge in [0.2, 0.25) is 0 Å². The molecule has 0 saturated carbocycles. The number of aromatic nitrogens is 1. The first-order valence-corrected chi connectivity index (χ1v) is 7.07. The van der Waals surface area contributed by atoms with Gasteiger partial charge in [-0.05, 0) is 25.0 Å². The number of rotatable bonds is 1. The largest absolute Gasteiger partial charge is 0.357 e. The van der Waals surface area contributed by atoms with Gasteiger partial charge in [0.15, 0.2) is 0 Å². The smallest absolute Gasteiger partial charge is 0.128 e. The molecule has 98 valence electrons. The monoisotopic (exact) mass is 246 g/mol. The topological polar surface area (TPSA) is 16.1 Å². The number of quaternary nitrogens is 1. The van der Waals surface area contributed by atoms with Gasteiger partial charge >= 0.3 is 0 Å². The summed E-state index contributed by atoms with van der Waals surface area (Å²) in [6.45, 7) is 5.07. The number of hydrogen-bond acceptors (Lipinski definition) is 2. The maximum atomic E-state index is 4.47. The van der Waals surface area contributed by atoms with Gasteiger partial charge in [0.25, 0.3) is 0 Å². The zero-order valence-corrected chi connectivity index (χ0v) is 11.6. The molecule has 0 radical (unpaired) electrons. The molecule has 1 spiro atoms. The summed E-state index contributed by atoms with van der Waals surface area (Å²) in [7, 11) is 4.75. The van der Waals surface area contributed by atoms with Gasteiger partial charge in [-0.3, -0.25) is 0 Å². The third kappa shape index (κ3) is 2.24. The molecule has 2 fully saturated rings. The normalized spacial score (nSPS) is 25.6. The van der Waals surface area contributed by atoms with E-state index in [-0.39, 0.29) is 0 Å². The van der Waals surface area contributed by atoms with Crippen LogP contribution in [0.5, 0.6) is 0 Å². The molecule has 3 heterocycles. The lowest BCUT2D eigenvalue weighted by atomic mass is 9.77. The predicted octanol–water partition coefficient (Wildman–Crippen LogP) is 2.15. The van der Waals surface area contributed by atoms with Crippen LogP contribution in [-0.4, -0.2) is 49.7 Å². The molecule has 1 aromatic heterocycles. The Balaban J connectivity index is 1.65. The molecule has 0 aromatic carbocycles. The second-order valence-corrected chi connectivity index (χ2v) is 6.74. The van der Waals surface area contributed by atoms with Crippen molar-refractivity contribution in [3.63, 3.8) is 0 Å². The molecule has 0 aliphatic carbocycles. The minimum Gasteiger partial charge on any atom is -0.357 e. The van der Waals surface area contributed by atoms with E-state index in [1.54, 1.807) is 0 Å². The predicted molar refractivity (Wildman–Crippen MR) is 74.6 cm³/mol. The molecule has 1 aromatic rings. The van der Waals surface area contributed by atoms with Crippen LogP contribution < -0.4 is 4.90 Å². The van der Waals surface area contributed by atoms with Crippen LogP contribution in [-0.2, 0) is 0 Å². The minimum absolute atomic E-state index is 0.620. The van der Waals surface area contributed by atoms with Gasteiger partial charge in [-0.25, -0.2) is 4.98 Å². The quantitative estimate of drug-likeness (QED) is 0.706. The van der Waals surface area contributed by atoms with E-state index in [2.05, 4.69) is 36.1 Å². The highest BCUT2D eigenvalue weighted by Gasteiger charge is 2.46. The van der Waals surface area contributed by atoms with Crippen LogP contribution in [0.4, 0.5) is 5.82 Å². The maximum absolute atomic E-state index is 4.47.